The van der Waals surface area contributed by atoms with E-state index >= 15 is 0 Å². The second kappa shape index (κ2) is 5.84. The summed E-state index contributed by atoms with van der Waals surface area (Å²) in [6.45, 7) is 4.16. The number of fused-ring (bicyclic) bond motifs is 1. The van der Waals surface area contributed by atoms with Crippen LogP contribution in [0, 0.1) is 6.92 Å². The number of likely N-dealkylation sites (tertiary alicyclic amines) is 1. The molecule has 0 spiro atoms. The molecule has 0 bridgehead atoms. The fraction of sp³-hybridized carbons (Fsp3) is 0.556. The molecule has 1 aliphatic carbocycles. The van der Waals surface area contributed by atoms with Crippen LogP contribution in [0.5, 0.6) is 0 Å². The van der Waals surface area contributed by atoms with E-state index in [2.05, 4.69) is 33.9 Å². The molecule has 3 heterocycles. The fourth-order valence-electron chi connectivity index (χ4n) is 3.76. The second-order valence-electron chi connectivity index (χ2n) is 6.71. The SMILES string of the molecule is Cc1ccc(CN2CCC[C@H]2c2nc3c([nH]2)CCCC3)nc1. The Labute approximate surface area is 132 Å². The van der Waals surface area contributed by atoms with Gasteiger partial charge in [0.2, 0.25) is 0 Å². The Kier molecular flexibility index (Phi) is 3.70. The van der Waals surface area contributed by atoms with Gasteiger partial charge in [0.1, 0.15) is 5.82 Å². The molecular weight excluding hydrogens is 272 g/mol. The number of aryl methyl sites for hydroxylation is 3. The number of hydrogen-bond acceptors (Lipinski definition) is 3. The van der Waals surface area contributed by atoms with Gasteiger partial charge in [-0.25, -0.2) is 4.98 Å². The van der Waals surface area contributed by atoms with Crippen molar-refractivity contribution in [2.75, 3.05) is 6.54 Å². The maximum atomic E-state index is 4.92. The van der Waals surface area contributed by atoms with Gasteiger partial charge in [-0.2, -0.15) is 0 Å². The minimum atomic E-state index is 0.439. The molecule has 4 nitrogen and oxygen atoms in total. The minimum absolute atomic E-state index is 0.439. The third kappa shape index (κ3) is 2.68. The third-order valence-corrected chi connectivity index (χ3v) is 4.99. The zero-order chi connectivity index (χ0) is 14.9. The van der Waals surface area contributed by atoms with E-state index in [9.17, 15) is 0 Å². The smallest absolute Gasteiger partial charge is 0.124 e. The molecule has 22 heavy (non-hydrogen) atoms. The van der Waals surface area contributed by atoms with Crippen molar-refractivity contribution >= 4 is 0 Å². The van der Waals surface area contributed by atoms with Gasteiger partial charge >= 0.3 is 0 Å². The van der Waals surface area contributed by atoms with Gasteiger partial charge in [0.05, 0.1) is 17.4 Å². The molecule has 2 aromatic rings. The average molecular weight is 296 g/mol. The number of aromatic nitrogens is 3. The van der Waals surface area contributed by atoms with Gasteiger partial charge in [-0.05, 0) is 63.6 Å². The van der Waals surface area contributed by atoms with E-state index in [1.807, 2.05) is 6.20 Å². The first-order valence-corrected chi connectivity index (χ1v) is 8.53. The zero-order valence-electron chi connectivity index (χ0n) is 13.3. The van der Waals surface area contributed by atoms with Gasteiger partial charge in [0.25, 0.3) is 0 Å². The Bertz CT molecular complexity index is 620. The summed E-state index contributed by atoms with van der Waals surface area (Å²) in [4.78, 5) is 15.6. The minimum Gasteiger partial charge on any atom is -0.344 e. The normalized spacial score (nSPS) is 22.0. The van der Waals surface area contributed by atoms with E-state index < -0.39 is 0 Å². The summed E-state index contributed by atoms with van der Waals surface area (Å²) in [5.74, 6) is 1.19. The Morgan fingerprint density at radius 3 is 2.95 bits per heavy atom. The molecule has 0 radical (unpaired) electrons. The standard InChI is InChI=1S/C18H24N4/c1-13-8-9-14(19-11-13)12-22-10-4-7-17(22)18-20-15-5-2-3-6-16(15)21-18/h8-9,11,17H,2-7,10,12H2,1H3,(H,20,21)/t17-/m0/s1. The second-order valence-corrected chi connectivity index (χ2v) is 6.71. The number of nitrogens with one attached hydrogen (secondary N) is 1. The van der Waals surface area contributed by atoms with Crippen LogP contribution in [0.2, 0.25) is 0 Å². The molecule has 1 aliphatic heterocycles. The van der Waals surface area contributed by atoms with Crippen molar-refractivity contribution in [2.45, 2.75) is 58.0 Å². The monoisotopic (exact) mass is 296 g/mol. The molecule has 0 unspecified atom stereocenters. The van der Waals surface area contributed by atoms with Crippen molar-refractivity contribution < 1.29 is 0 Å². The number of rotatable bonds is 3. The Morgan fingerprint density at radius 2 is 2.14 bits per heavy atom. The topological polar surface area (TPSA) is 44.8 Å². The largest absolute Gasteiger partial charge is 0.344 e. The predicted octanol–water partition coefficient (Wildman–Crippen LogP) is 3.33. The molecule has 1 N–H and O–H groups in total. The van der Waals surface area contributed by atoms with Crippen LogP contribution in [0.15, 0.2) is 18.3 Å². The van der Waals surface area contributed by atoms with Crippen LogP contribution in [-0.4, -0.2) is 26.4 Å². The molecule has 1 atom stereocenters. The molecule has 1 fully saturated rings. The molecule has 0 amide bonds. The van der Waals surface area contributed by atoms with E-state index in [-0.39, 0.29) is 0 Å². The van der Waals surface area contributed by atoms with Crippen molar-refractivity contribution in [1.29, 1.82) is 0 Å². The quantitative estimate of drug-likeness (QED) is 0.945. The van der Waals surface area contributed by atoms with Gasteiger partial charge in [-0.3, -0.25) is 9.88 Å². The first-order valence-electron chi connectivity index (χ1n) is 8.53. The lowest BCUT2D eigenvalue weighted by Gasteiger charge is -2.22. The lowest BCUT2D eigenvalue weighted by atomic mass is 10.0. The van der Waals surface area contributed by atoms with E-state index in [0.29, 0.717) is 6.04 Å². The Morgan fingerprint density at radius 1 is 1.23 bits per heavy atom. The predicted molar refractivity (Wildman–Crippen MR) is 86.6 cm³/mol. The number of aromatic amines is 1. The van der Waals surface area contributed by atoms with Crippen LogP contribution in [0.3, 0.4) is 0 Å². The van der Waals surface area contributed by atoms with E-state index in [1.54, 1.807) is 0 Å². The van der Waals surface area contributed by atoms with E-state index in [4.69, 9.17) is 4.98 Å². The number of H-pyrrole nitrogens is 1. The summed E-state index contributed by atoms with van der Waals surface area (Å²) >= 11 is 0. The van der Waals surface area contributed by atoms with Gasteiger partial charge in [-0.15, -0.1) is 0 Å². The first-order chi connectivity index (χ1) is 10.8. The van der Waals surface area contributed by atoms with Gasteiger partial charge in [0, 0.05) is 18.4 Å². The summed E-state index contributed by atoms with van der Waals surface area (Å²) in [5, 5.41) is 0. The zero-order valence-corrected chi connectivity index (χ0v) is 13.3. The lowest BCUT2D eigenvalue weighted by molar-refractivity contribution is 0.238. The summed E-state index contributed by atoms with van der Waals surface area (Å²) in [7, 11) is 0. The summed E-state index contributed by atoms with van der Waals surface area (Å²) in [6, 6.07) is 4.74. The Balaban J connectivity index is 1.53. The van der Waals surface area contributed by atoms with Crippen molar-refractivity contribution in [1.82, 2.24) is 19.9 Å². The van der Waals surface area contributed by atoms with Crippen LogP contribution in [-0.2, 0) is 19.4 Å². The summed E-state index contributed by atoms with van der Waals surface area (Å²) < 4.78 is 0. The first kappa shape index (κ1) is 13.9. The number of nitrogens with zero attached hydrogens (tertiary/aromatic N) is 3. The molecule has 1 saturated heterocycles. The average Bonchev–Trinajstić information content (AvgIpc) is 3.15. The van der Waals surface area contributed by atoms with Crippen molar-refractivity contribution in [3.05, 3.63) is 46.8 Å². The van der Waals surface area contributed by atoms with Crippen molar-refractivity contribution in [3.8, 4) is 0 Å². The highest BCUT2D eigenvalue weighted by molar-refractivity contribution is 5.20. The molecular formula is C18H24N4. The maximum Gasteiger partial charge on any atom is 0.124 e. The van der Waals surface area contributed by atoms with Gasteiger partial charge in [-0.1, -0.05) is 6.07 Å². The van der Waals surface area contributed by atoms with Crippen LogP contribution < -0.4 is 0 Å². The molecule has 4 heteroatoms. The maximum absolute atomic E-state index is 4.92. The van der Waals surface area contributed by atoms with E-state index in [0.717, 1.165) is 25.2 Å². The van der Waals surface area contributed by atoms with E-state index in [1.165, 1.54) is 54.9 Å². The highest BCUT2D eigenvalue weighted by atomic mass is 15.2. The molecule has 2 aromatic heterocycles. The van der Waals surface area contributed by atoms with Crippen LogP contribution >= 0.6 is 0 Å². The molecule has 0 saturated carbocycles. The number of imidazole rings is 1. The molecule has 0 aromatic carbocycles. The van der Waals surface area contributed by atoms with Crippen LogP contribution in [0.1, 0.15) is 60.2 Å². The van der Waals surface area contributed by atoms with Gasteiger partial charge < -0.3 is 4.98 Å². The van der Waals surface area contributed by atoms with Crippen LogP contribution in [0.4, 0.5) is 0 Å². The summed E-state index contributed by atoms with van der Waals surface area (Å²) in [5.41, 5.74) is 5.09. The van der Waals surface area contributed by atoms with Crippen molar-refractivity contribution in [3.63, 3.8) is 0 Å². The highest BCUT2D eigenvalue weighted by Crippen LogP contribution is 2.33. The van der Waals surface area contributed by atoms with Crippen LogP contribution in [0.25, 0.3) is 0 Å². The molecule has 2 aliphatic rings. The molecule has 116 valence electrons. The summed E-state index contributed by atoms with van der Waals surface area (Å²) in [6.07, 6.45) is 9.34. The lowest BCUT2D eigenvalue weighted by Crippen LogP contribution is -2.24. The Hall–Kier alpha value is -1.68. The fourth-order valence-corrected chi connectivity index (χ4v) is 3.76. The van der Waals surface area contributed by atoms with Crippen molar-refractivity contribution in [2.24, 2.45) is 0 Å². The molecule has 4 rings (SSSR count). The third-order valence-electron chi connectivity index (χ3n) is 4.99. The number of pyridine rings is 1. The number of hydrogen-bond donors (Lipinski definition) is 1. The highest BCUT2D eigenvalue weighted by Gasteiger charge is 2.29. The van der Waals surface area contributed by atoms with Gasteiger partial charge in [0.15, 0.2) is 0 Å².